The van der Waals surface area contributed by atoms with Crippen LogP contribution in [0, 0.1) is 6.92 Å². The summed E-state index contributed by atoms with van der Waals surface area (Å²) in [6.07, 6.45) is 0. The predicted molar refractivity (Wildman–Crippen MR) is 64.2 cm³/mol. The standard InChI is InChI=1S/C12H21N3O/c1-10-3-4-12(16-10)9-15-6-5-14(2)8-11(15)7-13/h3-4,11H,5-9,13H2,1-2H3. The highest BCUT2D eigenvalue weighted by molar-refractivity contribution is 5.06. The van der Waals surface area contributed by atoms with Crippen LogP contribution >= 0.6 is 0 Å². The zero-order valence-electron chi connectivity index (χ0n) is 10.1. The number of hydrogen-bond donors (Lipinski definition) is 1. The molecule has 0 spiro atoms. The Balaban J connectivity index is 1.97. The maximum absolute atomic E-state index is 5.82. The van der Waals surface area contributed by atoms with E-state index in [9.17, 15) is 0 Å². The van der Waals surface area contributed by atoms with Gasteiger partial charge < -0.3 is 15.1 Å². The van der Waals surface area contributed by atoms with Gasteiger partial charge >= 0.3 is 0 Å². The fourth-order valence-corrected chi connectivity index (χ4v) is 2.25. The van der Waals surface area contributed by atoms with E-state index < -0.39 is 0 Å². The molecule has 16 heavy (non-hydrogen) atoms. The summed E-state index contributed by atoms with van der Waals surface area (Å²) < 4.78 is 5.61. The van der Waals surface area contributed by atoms with Gasteiger partial charge in [-0.3, -0.25) is 4.90 Å². The van der Waals surface area contributed by atoms with Crippen molar-refractivity contribution in [2.75, 3.05) is 33.2 Å². The van der Waals surface area contributed by atoms with Gasteiger partial charge in [0.25, 0.3) is 0 Å². The minimum Gasteiger partial charge on any atom is -0.465 e. The van der Waals surface area contributed by atoms with Crippen LogP contribution in [0.4, 0.5) is 0 Å². The van der Waals surface area contributed by atoms with Crippen LogP contribution in [0.2, 0.25) is 0 Å². The van der Waals surface area contributed by atoms with E-state index in [4.69, 9.17) is 10.2 Å². The first-order chi connectivity index (χ1) is 7.69. The highest BCUT2D eigenvalue weighted by Gasteiger charge is 2.24. The topological polar surface area (TPSA) is 45.6 Å². The highest BCUT2D eigenvalue weighted by Crippen LogP contribution is 2.14. The van der Waals surface area contributed by atoms with E-state index in [0.717, 1.165) is 37.7 Å². The molecular weight excluding hydrogens is 202 g/mol. The number of aryl methyl sites for hydroxylation is 1. The van der Waals surface area contributed by atoms with E-state index in [0.29, 0.717) is 12.6 Å². The molecule has 1 atom stereocenters. The Labute approximate surface area is 97.0 Å². The van der Waals surface area contributed by atoms with Crippen LogP contribution < -0.4 is 5.73 Å². The summed E-state index contributed by atoms with van der Waals surface area (Å²) in [7, 11) is 2.15. The summed E-state index contributed by atoms with van der Waals surface area (Å²) in [6.45, 7) is 6.80. The van der Waals surface area contributed by atoms with E-state index in [2.05, 4.69) is 22.9 Å². The molecule has 1 aliphatic rings. The first-order valence-corrected chi connectivity index (χ1v) is 5.87. The first-order valence-electron chi connectivity index (χ1n) is 5.87. The Morgan fingerprint density at radius 2 is 2.25 bits per heavy atom. The van der Waals surface area contributed by atoms with Gasteiger partial charge in [-0.2, -0.15) is 0 Å². The number of nitrogens with two attached hydrogens (primary N) is 1. The van der Waals surface area contributed by atoms with Crippen molar-refractivity contribution in [2.45, 2.75) is 19.5 Å². The second-order valence-electron chi connectivity index (χ2n) is 4.63. The molecule has 1 aromatic heterocycles. The largest absolute Gasteiger partial charge is 0.465 e. The molecular formula is C12H21N3O. The lowest BCUT2D eigenvalue weighted by atomic mass is 10.1. The minimum atomic E-state index is 0.448. The van der Waals surface area contributed by atoms with E-state index in [-0.39, 0.29) is 0 Å². The minimum absolute atomic E-state index is 0.448. The summed E-state index contributed by atoms with van der Waals surface area (Å²) in [4.78, 5) is 4.75. The van der Waals surface area contributed by atoms with Gasteiger partial charge in [-0.05, 0) is 26.1 Å². The van der Waals surface area contributed by atoms with Gasteiger partial charge in [0.2, 0.25) is 0 Å². The van der Waals surface area contributed by atoms with Crippen LogP contribution in [0.1, 0.15) is 11.5 Å². The molecule has 4 heteroatoms. The number of piperazine rings is 1. The molecule has 90 valence electrons. The van der Waals surface area contributed by atoms with Crippen LogP contribution in [0.3, 0.4) is 0 Å². The molecule has 2 N–H and O–H groups in total. The van der Waals surface area contributed by atoms with E-state index in [1.165, 1.54) is 0 Å². The van der Waals surface area contributed by atoms with Gasteiger partial charge in [0.05, 0.1) is 6.54 Å². The zero-order valence-corrected chi connectivity index (χ0v) is 10.1. The predicted octanol–water partition coefficient (Wildman–Crippen LogP) is 0.663. The van der Waals surface area contributed by atoms with Gasteiger partial charge in [0.15, 0.2) is 0 Å². The van der Waals surface area contributed by atoms with Crippen molar-refractivity contribution in [1.82, 2.24) is 9.80 Å². The van der Waals surface area contributed by atoms with Gasteiger partial charge in [0.1, 0.15) is 11.5 Å². The maximum Gasteiger partial charge on any atom is 0.118 e. The summed E-state index contributed by atoms with van der Waals surface area (Å²) in [5, 5.41) is 0. The Hall–Kier alpha value is -0.840. The van der Waals surface area contributed by atoms with E-state index in [1.54, 1.807) is 0 Å². The van der Waals surface area contributed by atoms with Crippen molar-refractivity contribution in [3.63, 3.8) is 0 Å². The van der Waals surface area contributed by atoms with Crippen molar-refractivity contribution in [1.29, 1.82) is 0 Å². The monoisotopic (exact) mass is 223 g/mol. The maximum atomic E-state index is 5.82. The smallest absolute Gasteiger partial charge is 0.118 e. The SMILES string of the molecule is Cc1ccc(CN2CCN(C)CC2CN)o1. The number of furan rings is 1. The molecule has 0 radical (unpaired) electrons. The van der Waals surface area contributed by atoms with Gasteiger partial charge in [-0.25, -0.2) is 0 Å². The first kappa shape index (κ1) is 11.6. The number of rotatable bonds is 3. The average Bonchev–Trinajstić information content (AvgIpc) is 2.67. The average molecular weight is 223 g/mol. The molecule has 4 nitrogen and oxygen atoms in total. The number of hydrogen-bond acceptors (Lipinski definition) is 4. The van der Waals surface area contributed by atoms with Crippen LogP contribution in [-0.2, 0) is 6.54 Å². The summed E-state index contributed by atoms with van der Waals surface area (Å²) in [5.41, 5.74) is 5.82. The molecule has 2 rings (SSSR count). The van der Waals surface area contributed by atoms with Gasteiger partial charge in [-0.1, -0.05) is 0 Å². The van der Waals surface area contributed by atoms with Crippen LogP contribution in [-0.4, -0.2) is 49.1 Å². The third kappa shape index (κ3) is 2.64. The lowest BCUT2D eigenvalue weighted by Crippen LogP contribution is -2.54. The Bertz CT molecular complexity index is 337. The number of nitrogens with zero attached hydrogens (tertiary/aromatic N) is 2. The molecule has 1 unspecified atom stereocenters. The molecule has 1 saturated heterocycles. The van der Waals surface area contributed by atoms with Crippen LogP contribution in [0.25, 0.3) is 0 Å². The van der Waals surface area contributed by atoms with E-state index >= 15 is 0 Å². The number of likely N-dealkylation sites (N-methyl/N-ethyl adjacent to an activating group) is 1. The second-order valence-corrected chi connectivity index (χ2v) is 4.63. The Morgan fingerprint density at radius 3 is 2.88 bits per heavy atom. The zero-order chi connectivity index (χ0) is 11.5. The van der Waals surface area contributed by atoms with Crippen molar-refractivity contribution >= 4 is 0 Å². The lowest BCUT2D eigenvalue weighted by Gasteiger charge is -2.39. The van der Waals surface area contributed by atoms with Crippen molar-refractivity contribution in [3.8, 4) is 0 Å². The molecule has 0 amide bonds. The van der Waals surface area contributed by atoms with Gasteiger partial charge in [-0.15, -0.1) is 0 Å². The van der Waals surface area contributed by atoms with Crippen LogP contribution in [0.15, 0.2) is 16.5 Å². The third-order valence-corrected chi connectivity index (χ3v) is 3.23. The van der Waals surface area contributed by atoms with E-state index in [1.807, 2.05) is 13.0 Å². The van der Waals surface area contributed by atoms with Gasteiger partial charge in [0, 0.05) is 32.2 Å². The molecule has 1 aliphatic heterocycles. The summed E-state index contributed by atoms with van der Waals surface area (Å²) in [5.74, 6) is 2.02. The van der Waals surface area contributed by atoms with Crippen molar-refractivity contribution < 1.29 is 4.42 Å². The summed E-state index contributed by atoms with van der Waals surface area (Å²) >= 11 is 0. The Morgan fingerprint density at radius 1 is 1.44 bits per heavy atom. The quantitative estimate of drug-likeness (QED) is 0.818. The molecule has 0 bridgehead atoms. The second kappa shape index (κ2) is 4.99. The highest BCUT2D eigenvalue weighted by atomic mass is 16.3. The lowest BCUT2D eigenvalue weighted by molar-refractivity contribution is 0.0817. The fraction of sp³-hybridized carbons (Fsp3) is 0.667. The fourth-order valence-electron chi connectivity index (χ4n) is 2.25. The van der Waals surface area contributed by atoms with Crippen molar-refractivity contribution in [3.05, 3.63) is 23.7 Å². The molecule has 2 heterocycles. The molecule has 1 fully saturated rings. The third-order valence-electron chi connectivity index (χ3n) is 3.23. The molecule has 0 aliphatic carbocycles. The summed E-state index contributed by atoms with van der Waals surface area (Å²) in [6, 6.07) is 4.52. The van der Waals surface area contributed by atoms with Crippen molar-refractivity contribution in [2.24, 2.45) is 5.73 Å². The normalized spacial score (nSPS) is 23.8. The van der Waals surface area contributed by atoms with Crippen LogP contribution in [0.5, 0.6) is 0 Å². The molecule has 0 aromatic carbocycles. The molecule has 0 saturated carbocycles. The molecule has 1 aromatic rings. The Kier molecular flexibility index (Phi) is 3.63.